The number of amides is 1. The Kier molecular flexibility index (Phi) is 4.76. The number of hydrogen-bond donors (Lipinski definition) is 2. The maximum atomic E-state index is 11.9. The summed E-state index contributed by atoms with van der Waals surface area (Å²) in [5.74, 6) is 0.135. The molecule has 0 aliphatic carbocycles. The molecule has 2 rings (SSSR count). The predicted octanol–water partition coefficient (Wildman–Crippen LogP) is 3.98. The molecule has 0 aliphatic heterocycles. The quantitative estimate of drug-likeness (QED) is 0.893. The Hall–Kier alpha value is -2.01. The van der Waals surface area contributed by atoms with Crippen molar-refractivity contribution in [3.8, 4) is 0 Å². The van der Waals surface area contributed by atoms with Crippen LogP contribution in [0.15, 0.2) is 28.8 Å². The zero-order chi connectivity index (χ0) is 16.3. The third kappa shape index (κ3) is 4.01. The third-order valence-electron chi connectivity index (χ3n) is 3.25. The van der Waals surface area contributed by atoms with Crippen molar-refractivity contribution in [3.05, 3.63) is 40.5 Å². The summed E-state index contributed by atoms with van der Waals surface area (Å²) < 4.78 is 5.13. The lowest BCUT2D eigenvalue weighted by Crippen LogP contribution is -2.21. The zero-order valence-corrected chi connectivity index (χ0v) is 13.9. The molecule has 2 N–H and O–H groups in total. The first-order valence-electron chi connectivity index (χ1n) is 7.03. The fraction of sp³-hybridized carbons (Fsp3) is 0.375. The van der Waals surface area contributed by atoms with E-state index in [9.17, 15) is 4.79 Å². The smallest absolute Gasteiger partial charge is 0.246 e. The second kappa shape index (κ2) is 6.40. The van der Waals surface area contributed by atoms with Crippen molar-refractivity contribution >= 4 is 29.1 Å². The van der Waals surface area contributed by atoms with Crippen LogP contribution in [0.25, 0.3) is 0 Å². The molecule has 0 radical (unpaired) electrons. The van der Waals surface area contributed by atoms with E-state index in [0.717, 1.165) is 16.9 Å². The van der Waals surface area contributed by atoms with Crippen molar-refractivity contribution in [3.63, 3.8) is 0 Å². The summed E-state index contributed by atoms with van der Waals surface area (Å²) >= 11 is 6.04. The molecule has 0 aliphatic rings. The summed E-state index contributed by atoms with van der Waals surface area (Å²) in [6.07, 6.45) is 0. The number of nitrogens with one attached hydrogen (secondary N) is 2. The lowest BCUT2D eigenvalue weighted by atomic mass is 9.92. The highest BCUT2D eigenvalue weighted by Gasteiger charge is 2.19. The van der Waals surface area contributed by atoms with E-state index < -0.39 is 0 Å². The van der Waals surface area contributed by atoms with Crippen LogP contribution in [0.4, 0.5) is 11.6 Å². The maximum Gasteiger partial charge on any atom is 0.246 e. The first-order valence-corrected chi connectivity index (χ1v) is 7.41. The lowest BCUT2D eigenvalue weighted by molar-refractivity contribution is -0.114. The normalized spacial score (nSPS) is 11.3. The number of carbonyl (C=O) groups is 1. The second-order valence-corrected chi connectivity index (χ2v) is 6.55. The van der Waals surface area contributed by atoms with E-state index in [1.807, 2.05) is 45.9 Å². The van der Waals surface area contributed by atoms with Crippen molar-refractivity contribution in [2.24, 2.45) is 0 Å². The van der Waals surface area contributed by atoms with Gasteiger partial charge in [0.25, 0.3) is 0 Å². The van der Waals surface area contributed by atoms with Crippen molar-refractivity contribution in [2.45, 2.75) is 33.1 Å². The number of benzene rings is 1. The molecule has 0 fully saturated rings. The van der Waals surface area contributed by atoms with E-state index in [0.29, 0.717) is 10.9 Å². The standard InChI is InChI=1S/C16H20ClN3O2/c1-10-11(17)6-5-7-12(10)18-9-14(21)19-15-8-13(20-22-15)16(2,3)4/h5-8,18H,9H2,1-4H3,(H,19,21). The van der Waals surface area contributed by atoms with Gasteiger partial charge in [-0.05, 0) is 24.6 Å². The van der Waals surface area contributed by atoms with Crippen LogP contribution in [0.3, 0.4) is 0 Å². The minimum Gasteiger partial charge on any atom is -0.376 e. The number of carbonyl (C=O) groups excluding carboxylic acids is 1. The van der Waals surface area contributed by atoms with Crippen LogP contribution in [0, 0.1) is 6.92 Å². The van der Waals surface area contributed by atoms with Gasteiger partial charge in [0.2, 0.25) is 11.8 Å². The molecule has 0 bridgehead atoms. The fourth-order valence-corrected chi connectivity index (χ4v) is 2.02. The van der Waals surface area contributed by atoms with Crippen LogP contribution in [0.1, 0.15) is 32.0 Å². The monoisotopic (exact) mass is 321 g/mol. The van der Waals surface area contributed by atoms with Crippen LogP contribution >= 0.6 is 11.6 Å². The van der Waals surface area contributed by atoms with E-state index >= 15 is 0 Å². The Morgan fingerprint density at radius 3 is 2.73 bits per heavy atom. The van der Waals surface area contributed by atoms with Gasteiger partial charge < -0.3 is 9.84 Å². The first-order chi connectivity index (χ1) is 10.3. The van der Waals surface area contributed by atoms with Gasteiger partial charge in [0, 0.05) is 22.2 Å². The van der Waals surface area contributed by atoms with Crippen molar-refractivity contribution < 1.29 is 9.32 Å². The van der Waals surface area contributed by atoms with Gasteiger partial charge in [-0.3, -0.25) is 10.1 Å². The minimum absolute atomic E-state index is 0.118. The van der Waals surface area contributed by atoms with Gasteiger partial charge in [-0.1, -0.05) is 43.6 Å². The molecule has 118 valence electrons. The summed E-state index contributed by atoms with van der Waals surface area (Å²) in [6, 6.07) is 7.26. The van der Waals surface area contributed by atoms with Crippen LogP contribution < -0.4 is 10.6 Å². The summed E-state index contributed by atoms with van der Waals surface area (Å²) in [4.78, 5) is 11.9. The number of halogens is 1. The Morgan fingerprint density at radius 1 is 1.36 bits per heavy atom. The van der Waals surface area contributed by atoms with E-state index in [-0.39, 0.29) is 17.9 Å². The van der Waals surface area contributed by atoms with Crippen molar-refractivity contribution in [1.29, 1.82) is 0 Å². The fourth-order valence-electron chi connectivity index (χ4n) is 1.84. The molecular formula is C16H20ClN3O2. The number of hydrogen-bond acceptors (Lipinski definition) is 4. The second-order valence-electron chi connectivity index (χ2n) is 6.14. The average molecular weight is 322 g/mol. The molecule has 6 heteroatoms. The molecular weight excluding hydrogens is 302 g/mol. The Morgan fingerprint density at radius 2 is 2.09 bits per heavy atom. The Balaban J connectivity index is 1.93. The largest absolute Gasteiger partial charge is 0.376 e. The van der Waals surface area contributed by atoms with Gasteiger partial charge in [0.15, 0.2) is 0 Å². The van der Waals surface area contributed by atoms with Crippen LogP contribution in [-0.4, -0.2) is 17.6 Å². The topological polar surface area (TPSA) is 67.2 Å². The molecule has 0 saturated heterocycles. The van der Waals surface area contributed by atoms with Crippen molar-refractivity contribution in [1.82, 2.24) is 5.16 Å². The molecule has 0 unspecified atom stereocenters. The minimum atomic E-state index is -0.212. The SMILES string of the molecule is Cc1c(Cl)cccc1NCC(=O)Nc1cc(C(C)(C)C)no1. The molecule has 22 heavy (non-hydrogen) atoms. The number of anilines is 2. The van der Waals surface area contributed by atoms with Crippen molar-refractivity contribution in [2.75, 3.05) is 17.2 Å². The maximum absolute atomic E-state index is 11.9. The van der Waals surface area contributed by atoms with Gasteiger partial charge in [0.05, 0.1) is 12.2 Å². The number of nitrogens with zero attached hydrogens (tertiary/aromatic N) is 1. The molecule has 1 aromatic heterocycles. The third-order valence-corrected chi connectivity index (χ3v) is 3.66. The van der Waals surface area contributed by atoms with E-state index in [1.165, 1.54) is 0 Å². The highest BCUT2D eigenvalue weighted by molar-refractivity contribution is 6.31. The number of aromatic nitrogens is 1. The molecule has 2 aromatic rings. The first kappa shape index (κ1) is 16.4. The van der Waals surface area contributed by atoms with E-state index in [2.05, 4.69) is 15.8 Å². The zero-order valence-electron chi connectivity index (χ0n) is 13.2. The molecule has 1 amide bonds. The van der Waals surface area contributed by atoms with Crippen LogP contribution in [-0.2, 0) is 10.2 Å². The van der Waals surface area contributed by atoms with Gasteiger partial charge in [-0.15, -0.1) is 0 Å². The van der Waals surface area contributed by atoms with E-state index in [1.54, 1.807) is 6.07 Å². The molecule has 1 aromatic carbocycles. The summed E-state index contributed by atoms with van der Waals surface area (Å²) in [5, 5.41) is 10.3. The van der Waals surface area contributed by atoms with Crippen LogP contribution in [0.2, 0.25) is 5.02 Å². The molecule has 0 spiro atoms. The van der Waals surface area contributed by atoms with Gasteiger partial charge in [0.1, 0.15) is 0 Å². The van der Waals surface area contributed by atoms with Gasteiger partial charge in [-0.2, -0.15) is 0 Å². The van der Waals surface area contributed by atoms with Gasteiger partial charge >= 0.3 is 0 Å². The lowest BCUT2D eigenvalue weighted by Gasteiger charge is -2.12. The summed E-state index contributed by atoms with van der Waals surface area (Å²) in [6.45, 7) is 8.10. The Labute approximate surface area is 135 Å². The average Bonchev–Trinajstić information content (AvgIpc) is 2.89. The summed E-state index contributed by atoms with van der Waals surface area (Å²) in [5.41, 5.74) is 2.41. The Bertz CT molecular complexity index is 674. The molecule has 1 heterocycles. The highest BCUT2D eigenvalue weighted by Crippen LogP contribution is 2.24. The van der Waals surface area contributed by atoms with Crippen LogP contribution in [0.5, 0.6) is 0 Å². The summed E-state index contributed by atoms with van der Waals surface area (Å²) in [7, 11) is 0. The molecule has 0 atom stereocenters. The highest BCUT2D eigenvalue weighted by atomic mass is 35.5. The van der Waals surface area contributed by atoms with E-state index in [4.69, 9.17) is 16.1 Å². The molecule has 5 nitrogen and oxygen atoms in total. The number of rotatable bonds is 4. The van der Waals surface area contributed by atoms with Gasteiger partial charge in [-0.25, -0.2) is 0 Å². The predicted molar refractivity (Wildman–Crippen MR) is 88.5 cm³/mol. The molecule has 0 saturated carbocycles.